The van der Waals surface area contributed by atoms with Gasteiger partial charge in [0.1, 0.15) is 0 Å². The van der Waals surface area contributed by atoms with Crippen molar-refractivity contribution in [3.05, 3.63) is 0 Å². The summed E-state index contributed by atoms with van der Waals surface area (Å²) in [6, 6.07) is -0.201. The minimum atomic E-state index is -0.201. The summed E-state index contributed by atoms with van der Waals surface area (Å²) in [5.41, 5.74) is 0. The van der Waals surface area contributed by atoms with Gasteiger partial charge in [-0.2, -0.15) is 0 Å². The van der Waals surface area contributed by atoms with Gasteiger partial charge in [-0.1, -0.05) is 24.6 Å². The highest BCUT2D eigenvalue weighted by Crippen LogP contribution is 2.26. The zero-order valence-electron chi connectivity index (χ0n) is 8.12. The molecule has 1 aliphatic carbocycles. The Morgan fingerprint density at radius 3 is 2.57 bits per heavy atom. The number of thioether (sulfide) groups is 1. The Hall–Kier alpha value is -0.510. The number of carbonyl (C=O) groups excluding carboxylic acids is 2. The van der Waals surface area contributed by atoms with Gasteiger partial charge in [0.15, 0.2) is 0 Å². The number of hydrogen-bond donors (Lipinski definition) is 1. The molecule has 4 heteroatoms. The predicted molar refractivity (Wildman–Crippen MR) is 56.0 cm³/mol. The first-order chi connectivity index (χ1) is 6.77. The van der Waals surface area contributed by atoms with Gasteiger partial charge in [0.2, 0.25) is 11.0 Å². The van der Waals surface area contributed by atoms with E-state index in [9.17, 15) is 9.59 Å². The molecule has 14 heavy (non-hydrogen) atoms. The topological polar surface area (TPSA) is 46.2 Å². The maximum atomic E-state index is 11.7. The summed E-state index contributed by atoms with van der Waals surface area (Å²) in [5, 5.41) is 3.00. The summed E-state index contributed by atoms with van der Waals surface area (Å²) < 4.78 is 0. The van der Waals surface area contributed by atoms with Crippen LogP contribution in [0, 0.1) is 5.92 Å². The van der Waals surface area contributed by atoms with Crippen LogP contribution in [0.5, 0.6) is 0 Å². The van der Waals surface area contributed by atoms with Crippen LogP contribution in [-0.2, 0) is 9.59 Å². The number of nitrogens with one attached hydrogen (secondary N) is 1. The Morgan fingerprint density at radius 1 is 1.29 bits per heavy atom. The van der Waals surface area contributed by atoms with E-state index < -0.39 is 0 Å². The van der Waals surface area contributed by atoms with Crippen molar-refractivity contribution >= 4 is 22.8 Å². The fraction of sp³-hybridized carbons (Fsp3) is 0.800. The van der Waals surface area contributed by atoms with Crippen LogP contribution in [0.25, 0.3) is 0 Å². The van der Waals surface area contributed by atoms with Crippen LogP contribution in [0.15, 0.2) is 0 Å². The van der Waals surface area contributed by atoms with E-state index in [2.05, 4.69) is 5.32 Å². The van der Waals surface area contributed by atoms with Gasteiger partial charge in [0.05, 0.1) is 6.04 Å². The van der Waals surface area contributed by atoms with E-state index >= 15 is 0 Å². The molecule has 2 aliphatic rings. The molecule has 78 valence electrons. The quantitative estimate of drug-likeness (QED) is 0.752. The highest BCUT2D eigenvalue weighted by atomic mass is 32.2. The van der Waals surface area contributed by atoms with E-state index in [4.69, 9.17) is 0 Å². The lowest BCUT2D eigenvalue weighted by atomic mass is 10.1. The average Bonchev–Trinajstić information content (AvgIpc) is 2.77. The minimum Gasteiger partial charge on any atom is -0.345 e. The Bertz CT molecular complexity index is 249. The highest BCUT2D eigenvalue weighted by molar-refractivity contribution is 8.14. The molecular weight excluding hydrogens is 198 g/mol. The number of hydrogen-bond acceptors (Lipinski definition) is 3. The summed E-state index contributed by atoms with van der Waals surface area (Å²) in [7, 11) is 0. The third-order valence-electron chi connectivity index (χ3n) is 2.98. The summed E-state index contributed by atoms with van der Waals surface area (Å²) in [6.07, 6.45) is 5.12. The normalized spacial score (nSPS) is 28.3. The van der Waals surface area contributed by atoms with Gasteiger partial charge in [-0.15, -0.1) is 0 Å². The molecule has 0 aromatic rings. The van der Waals surface area contributed by atoms with Crippen molar-refractivity contribution in [3.8, 4) is 0 Å². The van der Waals surface area contributed by atoms with Gasteiger partial charge in [-0.05, 0) is 19.3 Å². The zero-order chi connectivity index (χ0) is 9.97. The van der Waals surface area contributed by atoms with Crippen LogP contribution >= 0.6 is 11.8 Å². The summed E-state index contributed by atoms with van der Waals surface area (Å²) in [6.45, 7) is 0. The molecule has 2 fully saturated rings. The minimum absolute atomic E-state index is 0.100. The molecule has 0 aromatic carbocycles. The number of amides is 1. The van der Waals surface area contributed by atoms with Crippen molar-refractivity contribution in [2.45, 2.75) is 38.1 Å². The van der Waals surface area contributed by atoms with Gasteiger partial charge in [-0.25, -0.2) is 0 Å². The van der Waals surface area contributed by atoms with Crippen LogP contribution in [-0.4, -0.2) is 22.8 Å². The second-order valence-electron chi connectivity index (χ2n) is 4.00. The lowest BCUT2D eigenvalue weighted by molar-refractivity contribution is -0.127. The second kappa shape index (κ2) is 4.34. The molecule has 1 N–H and O–H groups in total. The van der Waals surface area contributed by atoms with Gasteiger partial charge in [0.25, 0.3) is 0 Å². The van der Waals surface area contributed by atoms with Crippen molar-refractivity contribution in [3.63, 3.8) is 0 Å². The van der Waals surface area contributed by atoms with E-state index in [0.29, 0.717) is 0 Å². The van der Waals surface area contributed by atoms with E-state index in [0.717, 1.165) is 37.9 Å². The first kappa shape index (κ1) is 10.0. The molecule has 1 aliphatic heterocycles. The summed E-state index contributed by atoms with van der Waals surface area (Å²) >= 11 is 1.34. The molecule has 1 saturated carbocycles. The molecule has 0 unspecified atom stereocenters. The van der Waals surface area contributed by atoms with Crippen LogP contribution in [0.3, 0.4) is 0 Å². The molecule has 0 radical (unpaired) electrons. The Balaban J connectivity index is 1.84. The molecule has 0 aromatic heterocycles. The van der Waals surface area contributed by atoms with Crippen molar-refractivity contribution in [2.24, 2.45) is 5.92 Å². The van der Waals surface area contributed by atoms with Crippen LogP contribution in [0.1, 0.15) is 32.1 Å². The molecule has 1 heterocycles. The smallest absolute Gasteiger partial charge is 0.223 e. The van der Waals surface area contributed by atoms with Crippen molar-refractivity contribution in [1.29, 1.82) is 0 Å². The van der Waals surface area contributed by atoms with Crippen molar-refractivity contribution in [1.82, 2.24) is 5.32 Å². The van der Waals surface area contributed by atoms with Gasteiger partial charge >= 0.3 is 0 Å². The largest absolute Gasteiger partial charge is 0.345 e. The summed E-state index contributed by atoms with van der Waals surface area (Å²) in [4.78, 5) is 22.9. The van der Waals surface area contributed by atoms with Gasteiger partial charge < -0.3 is 5.32 Å². The van der Waals surface area contributed by atoms with Gasteiger partial charge in [-0.3, -0.25) is 9.59 Å². The van der Waals surface area contributed by atoms with Crippen LogP contribution < -0.4 is 5.32 Å². The maximum Gasteiger partial charge on any atom is 0.223 e. The SMILES string of the molecule is O=C(N[C@H]1CCSC1=O)C1CCCC1. The Kier molecular flexibility index (Phi) is 3.11. The van der Waals surface area contributed by atoms with E-state index in [1.165, 1.54) is 11.8 Å². The molecular formula is C10H15NO2S. The number of carbonyl (C=O) groups is 2. The highest BCUT2D eigenvalue weighted by Gasteiger charge is 2.30. The zero-order valence-corrected chi connectivity index (χ0v) is 8.94. The fourth-order valence-corrected chi connectivity index (χ4v) is 3.04. The van der Waals surface area contributed by atoms with E-state index in [1.807, 2.05) is 0 Å². The van der Waals surface area contributed by atoms with Crippen LogP contribution in [0.2, 0.25) is 0 Å². The molecule has 1 saturated heterocycles. The first-order valence-electron chi connectivity index (χ1n) is 5.24. The lowest BCUT2D eigenvalue weighted by Gasteiger charge is -2.13. The van der Waals surface area contributed by atoms with E-state index in [-0.39, 0.29) is 23.0 Å². The third kappa shape index (κ3) is 2.11. The monoisotopic (exact) mass is 213 g/mol. The van der Waals surface area contributed by atoms with Crippen molar-refractivity contribution in [2.75, 3.05) is 5.75 Å². The fourth-order valence-electron chi connectivity index (χ4n) is 2.10. The summed E-state index contributed by atoms with van der Waals surface area (Å²) in [5.74, 6) is 1.13. The van der Waals surface area contributed by atoms with Crippen molar-refractivity contribution < 1.29 is 9.59 Å². The Morgan fingerprint density at radius 2 is 2.00 bits per heavy atom. The number of rotatable bonds is 2. The molecule has 3 nitrogen and oxygen atoms in total. The second-order valence-corrected chi connectivity index (χ2v) is 5.10. The molecule has 0 spiro atoms. The standard InChI is InChI=1S/C10H15NO2S/c12-9(7-3-1-2-4-7)11-8-5-6-14-10(8)13/h7-8H,1-6H2,(H,11,12)/t8-/m0/s1. The first-order valence-corrected chi connectivity index (χ1v) is 6.23. The average molecular weight is 213 g/mol. The maximum absolute atomic E-state index is 11.7. The predicted octanol–water partition coefficient (Wildman–Crippen LogP) is 1.32. The molecule has 1 amide bonds. The van der Waals surface area contributed by atoms with Crippen LogP contribution in [0.4, 0.5) is 0 Å². The molecule has 2 rings (SSSR count). The molecule has 1 atom stereocenters. The van der Waals surface area contributed by atoms with E-state index in [1.54, 1.807) is 0 Å². The lowest BCUT2D eigenvalue weighted by Crippen LogP contribution is -2.40. The van der Waals surface area contributed by atoms with Gasteiger partial charge in [0, 0.05) is 11.7 Å². The Labute approximate surface area is 88.0 Å². The third-order valence-corrected chi connectivity index (χ3v) is 3.99. The molecule has 0 bridgehead atoms.